The molecule has 1 aromatic carbocycles. The Morgan fingerprint density at radius 3 is 2.50 bits per heavy atom. The van der Waals surface area contributed by atoms with E-state index in [-0.39, 0.29) is 5.92 Å². The molecular formula is C24H25Cl2N3O2S. The number of hydrogen-bond acceptors (Lipinski definition) is 5. The number of aliphatic imine (C=N–C) groups is 1. The number of halogens is 2. The average molecular weight is 490 g/mol. The van der Waals surface area contributed by atoms with E-state index >= 15 is 0 Å². The van der Waals surface area contributed by atoms with Crippen molar-refractivity contribution in [2.75, 3.05) is 0 Å². The van der Waals surface area contributed by atoms with E-state index in [0.717, 1.165) is 22.4 Å². The lowest BCUT2D eigenvalue weighted by Gasteiger charge is -2.49. The van der Waals surface area contributed by atoms with Crippen molar-refractivity contribution in [2.45, 2.75) is 52.1 Å². The van der Waals surface area contributed by atoms with E-state index < -0.39 is 17.0 Å². The van der Waals surface area contributed by atoms with E-state index in [0.29, 0.717) is 26.7 Å². The number of aromatic nitrogens is 1. The van der Waals surface area contributed by atoms with E-state index in [9.17, 15) is 9.90 Å². The molecule has 1 aromatic heterocycles. The number of nitrogens with zero attached hydrogens (tertiary/aromatic N) is 3. The Bertz CT molecular complexity index is 1160. The molecule has 2 aromatic rings. The van der Waals surface area contributed by atoms with Gasteiger partial charge in [0.15, 0.2) is 5.17 Å². The normalized spacial score (nSPS) is 24.9. The van der Waals surface area contributed by atoms with Crippen LogP contribution in [0.15, 0.2) is 52.1 Å². The van der Waals surface area contributed by atoms with Crippen LogP contribution in [0.25, 0.3) is 0 Å². The topological polar surface area (TPSA) is 65.8 Å². The molecule has 4 rings (SSSR count). The van der Waals surface area contributed by atoms with Gasteiger partial charge in [-0.25, -0.2) is 14.8 Å². The molecule has 2 aliphatic heterocycles. The van der Waals surface area contributed by atoms with Crippen molar-refractivity contribution in [1.82, 2.24) is 9.88 Å². The first-order chi connectivity index (χ1) is 15.1. The number of aryl methyl sites for hydroxylation is 1. The first kappa shape index (κ1) is 23.1. The van der Waals surface area contributed by atoms with Gasteiger partial charge in [0, 0.05) is 22.5 Å². The molecule has 0 unspecified atom stereocenters. The van der Waals surface area contributed by atoms with Crippen molar-refractivity contribution in [3.63, 3.8) is 0 Å². The molecule has 2 atom stereocenters. The summed E-state index contributed by atoms with van der Waals surface area (Å²) < 4.78 is 0. The molecular weight excluding hydrogens is 465 g/mol. The molecule has 0 bridgehead atoms. The van der Waals surface area contributed by atoms with E-state index in [1.54, 1.807) is 12.3 Å². The van der Waals surface area contributed by atoms with Gasteiger partial charge in [-0.15, -0.1) is 0 Å². The van der Waals surface area contributed by atoms with Crippen LogP contribution in [0.1, 0.15) is 50.8 Å². The lowest BCUT2D eigenvalue weighted by molar-refractivity contribution is -0.132. The summed E-state index contributed by atoms with van der Waals surface area (Å²) in [6.45, 7) is 10.3. The SMILES string of the molecule is CC[C@]1(c2ccc(Cl)cc2C)N2C(=N[C@@]1(C)c1ccc(Cl)nc1)SC(C(=O)O)=C2C(C)C. The molecule has 0 saturated carbocycles. The number of amidine groups is 1. The molecule has 0 fully saturated rings. The van der Waals surface area contributed by atoms with Crippen LogP contribution in [0, 0.1) is 12.8 Å². The van der Waals surface area contributed by atoms with Gasteiger partial charge in [-0.1, -0.05) is 56.1 Å². The van der Waals surface area contributed by atoms with Crippen molar-refractivity contribution in [2.24, 2.45) is 10.9 Å². The third-order valence-electron chi connectivity index (χ3n) is 6.54. The fourth-order valence-corrected chi connectivity index (χ4v) is 6.76. The Labute approximate surface area is 202 Å². The molecule has 32 heavy (non-hydrogen) atoms. The van der Waals surface area contributed by atoms with E-state index in [2.05, 4.69) is 23.7 Å². The lowest BCUT2D eigenvalue weighted by Crippen LogP contribution is -2.53. The second-order valence-corrected chi connectivity index (χ2v) is 10.4. The minimum absolute atomic E-state index is 0.00877. The van der Waals surface area contributed by atoms with Gasteiger partial charge in [0.05, 0.1) is 0 Å². The van der Waals surface area contributed by atoms with Crippen molar-refractivity contribution in [1.29, 1.82) is 0 Å². The van der Waals surface area contributed by atoms with Crippen LogP contribution in [-0.2, 0) is 15.9 Å². The fraction of sp³-hybridized carbons (Fsp3) is 0.375. The van der Waals surface area contributed by atoms with Crippen LogP contribution in [0.4, 0.5) is 0 Å². The summed E-state index contributed by atoms with van der Waals surface area (Å²) in [7, 11) is 0. The van der Waals surface area contributed by atoms with Gasteiger partial charge in [0.25, 0.3) is 0 Å². The molecule has 0 amide bonds. The average Bonchev–Trinajstić information content (AvgIpc) is 3.21. The van der Waals surface area contributed by atoms with Crippen molar-refractivity contribution >= 4 is 46.1 Å². The third-order valence-corrected chi connectivity index (χ3v) is 8.04. The summed E-state index contributed by atoms with van der Waals surface area (Å²) in [6.07, 6.45) is 2.46. The van der Waals surface area contributed by atoms with Crippen LogP contribution >= 0.6 is 35.0 Å². The minimum Gasteiger partial charge on any atom is -0.477 e. The maximum Gasteiger partial charge on any atom is 0.344 e. The van der Waals surface area contributed by atoms with E-state index in [1.165, 1.54) is 11.8 Å². The summed E-state index contributed by atoms with van der Waals surface area (Å²) in [5.74, 6) is -0.936. The minimum atomic E-state index is -0.927. The van der Waals surface area contributed by atoms with Gasteiger partial charge in [0.2, 0.25) is 0 Å². The van der Waals surface area contributed by atoms with Crippen LogP contribution in [0.3, 0.4) is 0 Å². The molecule has 0 spiro atoms. The standard InChI is InChI=1S/C24H25Cl2N3O2S/c1-6-24(17-9-8-16(25)11-14(17)4)23(5,15-7-10-18(26)27-12-15)28-22-29(24)19(13(2)3)20(32-22)21(30)31/h7-13H,6H2,1-5H3,(H,30,31)/t23-,24+/m0/s1. The molecule has 0 radical (unpaired) electrons. The molecule has 8 heteroatoms. The first-order valence-corrected chi connectivity index (χ1v) is 12.1. The van der Waals surface area contributed by atoms with E-state index in [4.69, 9.17) is 28.2 Å². The Balaban J connectivity index is 2.08. The zero-order valence-electron chi connectivity index (χ0n) is 18.6. The van der Waals surface area contributed by atoms with Crippen molar-refractivity contribution in [3.05, 3.63) is 74.0 Å². The van der Waals surface area contributed by atoms with Gasteiger partial charge < -0.3 is 10.0 Å². The molecule has 168 valence electrons. The maximum absolute atomic E-state index is 12.2. The number of hydrogen-bond donors (Lipinski definition) is 1. The van der Waals surface area contributed by atoms with Crippen LogP contribution < -0.4 is 0 Å². The van der Waals surface area contributed by atoms with Gasteiger partial charge in [-0.2, -0.15) is 0 Å². The molecule has 0 aliphatic carbocycles. The molecule has 2 aliphatic rings. The van der Waals surface area contributed by atoms with Gasteiger partial charge >= 0.3 is 5.97 Å². The van der Waals surface area contributed by atoms with Crippen molar-refractivity contribution < 1.29 is 9.90 Å². The highest BCUT2D eigenvalue weighted by Crippen LogP contribution is 2.61. The van der Waals surface area contributed by atoms with Gasteiger partial charge in [-0.05, 0) is 67.3 Å². The number of pyridine rings is 1. The number of rotatable bonds is 5. The highest BCUT2D eigenvalue weighted by Gasteiger charge is 2.63. The summed E-state index contributed by atoms with van der Waals surface area (Å²) in [6, 6.07) is 9.62. The largest absolute Gasteiger partial charge is 0.477 e. The summed E-state index contributed by atoms with van der Waals surface area (Å²) in [5, 5.41) is 11.7. The van der Waals surface area contributed by atoms with Crippen LogP contribution in [0.2, 0.25) is 10.2 Å². The second-order valence-electron chi connectivity index (χ2n) is 8.62. The highest BCUT2D eigenvalue weighted by atomic mass is 35.5. The number of carboxylic acids is 1. The predicted octanol–water partition coefficient (Wildman–Crippen LogP) is 6.59. The van der Waals surface area contributed by atoms with Crippen LogP contribution in [0.5, 0.6) is 0 Å². The summed E-state index contributed by atoms with van der Waals surface area (Å²) in [4.78, 5) is 24.2. The Hall–Kier alpha value is -2.02. The first-order valence-electron chi connectivity index (χ1n) is 10.5. The Kier molecular flexibility index (Phi) is 5.85. The number of thioether (sulfide) groups is 1. The number of benzene rings is 1. The number of fused-ring (bicyclic) bond motifs is 1. The maximum atomic E-state index is 12.2. The smallest absolute Gasteiger partial charge is 0.344 e. The molecule has 1 N–H and O–H groups in total. The van der Waals surface area contributed by atoms with Gasteiger partial charge in [0.1, 0.15) is 21.1 Å². The summed E-state index contributed by atoms with van der Waals surface area (Å²) >= 11 is 13.6. The number of carbonyl (C=O) groups is 1. The molecule has 5 nitrogen and oxygen atoms in total. The van der Waals surface area contributed by atoms with E-state index in [1.807, 2.05) is 45.0 Å². The zero-order valence-corrected chi connectivity index (χ0v) is 20.9. The molecule has 0 saturated heterocycles. The van der Waals surface area contributed by atoms with Gasteiger partial charge in [-0.3, -0.25) is 0 Å². The molecule has 3 heterocycles. The Morgan fingerprint density at radius 1 is 1.25 bits per heavy atom. The highest BCUT2D eigenvalue weighted by molar-refractivity contribution is 8.18. The number of carboxylic acid groups (broad SMARTS) is 1. The number of allylic oxidation sites excluding steroid dienone is 1. The lowest BCUT2D eigenvalue weighted by atomic mass is 9.67. The third kappa shape index (κ3) is 3.18. The zero-order chi connectivity index (χ0) is 23.4. The summed E-state index contributed by atoms with van der Waals surface area (Å²) in [5.41, 5.74) is 2.39. The quantitative estimate of drug-likeness (QED) is 0.479. The predicted molar refractivity (Wildman–Crippen MR) is 131 cm³/mol. The second kappa shape index (κ2) is 8.08. The van der Waals surface area contributed by atoms with Crippen molar-refractivity contribution in [3.8, 4) is 0 Å². The van der Waals surface area contributed by atoms with Crippen LogP contribution in [-0.4, -0.2) is 26.1 Å². The monoisotopic (exact) mass is 489 g/mol. The number of aliphatic carboxylic acids is 1. The Morgan fingerprint density at radius 2 is 1.97 bits per heavy atom. The fourth-order valence-electron chi connectivity index (χ4n) is 5.14.